The van der Waals surface area contributed by atoms with E-state index < -0.39 is 0 Å². The fourth-order valence-electron chi connectivity index (χ4n) is 0.721. The van der Waals surface area contributed by atoms with E-state index in [4.69, 9.17) is 0 Å². The largest absolute Gasteiger partial charge is 0.301 e. The highest BCUT2D eigenvalue weighted by Crippen LogP contribution is 2.28. The van der Waals surface area contributed by atoms with Crippen molar-refractivity contribution >= 4 is 39.0 Å². The first-order valence-electron chi connectivity index (χ1n) is 3.46. The minimum absolute atomic E-state index is 0.175. The molecule has 0 atom stereocenters. The van der Waals surface area contributed by atoms with Gasteiger partial charge in [-0.3, -0.25) is 4.79 Å². The van der Waals surface area contributed by atoms with Gasteiger partial charge in [-0.1, -0.05) is 11.3 Å². The van der Waals surface area contributed by atoms with Gasteiger partial charge >= 0.3 is 0 Å². The summed E-state index contributed by atoms with van der Waals surface area (Å²) >= 11 is 5.85. The summed E-state index contributed by atoms with van der Waals surface area (Å²) < 4.78 is 1.43. The van der Waals surface area contributed by atoms with Crippen LogP contribution in [-0.4, -0.2) is 20.2 Å². The van der Waals surface area contributed by atoms with Crippen molar-refractivity contribution in [2.75, 3.05) is 0 Å². The Morgan fingerprint density at radius 1 is 1.50 bits per heavy atom. The van der Waals surface area contributed by atoms with Crippen molar-refractivity contribution < 1.29 is 0 Å². The molecule has 0 saturated carbocycles. The second-order valence-electron chi connectivity index (χ2n) is 2.16. The molecule has 0 aliphatic carbocycles. The van der Waals surface area contributed by atoms with E-state index in [9.17, 15) is 4.79 Å². The van der Waals surface area contributed by atoms with Gasteiger partial charge in [0.1, 0.15) is 0 Å². The van der Waals surface area contributed by atoms with Gasteiger partial charge in [-0.15, -0.1) is 10.2 Å². The molecule has 0 aliphatic heterocycles. The molecule has 2 rings (SSSR count). The van der Waals surface area contributed by atoms with Crippen LogP contribution in [0.25, 0.3) is 0 Å². The minimum atomic E-state index is -0.175. The summed E-state index contributed by atoms with van der Waals surface area (Å²) in [6.07, 6.45) is 1.46. The van der Waals surface area contributed by atoms with Gasteiger partial charge in [0, 0.05) is 12.3 Å². The molecule has 0 spiro atoms. The van der Waals surface area contributed by atoms with Crippen LogP contribution in [0.3, 0.4) is 0 Å². The molecule has 2 aromatic rings. The summed E-state index contributed by atoms with van der Waals surface area (Å²) in [5.41, 5.74) is -0.175. The minimum Gasteiger partial charge on any atom is -0.301 e. The molecular weight excluding hydrogens is 288 g/mol. The van der Waals surface area contributed by atoms with Crippen molar-refractivity contribution in [1.82, 2.24) is 20.2 Å². The zero-order chi connectivity index (χ0) is 9.97. The van der Waals surface area contributed by atoms with Gasteiger partial charge < -0.3 is 4.98 Å². The Hall–Kier alpha value is -0.730. The Morgan fingerprint density at radius 3 is 3.00 bits per heavy atom. The zero-order valence-corrected chi connectivity index (χ0v) is 9.82. The molecular formula is C6H3BrN4OS2. The fraction of sp³-hybridized carbons (Fsp3) is 0. The van der Waals surface area contributed by atoms with Crippen molar-refractivity contribution in [3.05, 3.63) is 26.5 Å². The van der Waals surface area contributed by atoms with Gasteiger partial charge in [-0.05, 0) is 27.7 Å². The molecule has 0 saturated heterocycles. The first kappa shape index (κ1) is 9.81. The second-order valence-corrected chi connectivity index (χ2v) is 5.65. The van der Waals surface area contributed by atoms with Crippen LogP contribution in [0.15, 0.2) is 30.5 Å². The highest BCUT2D eigenvalue weighted by atomic mass is 79.9. The molecule has 0 aromatic carbocycles. The molecule has 2 aromatic heterocycles. The molecule has 0 bridgehead atoms. The summed E-state index contributed by atoms with van der Waals surface area (Å²) in [6, 6.07) is 1.36. The number of hydrogen-bond acceptors (Lipinski definition) is 6. The zero-order valence-electron chi connectivity index (χ0n) is 6.60. The van der Waals surface area contributed by atoms with E-state index in [2.05, 4.69) is 36.1 Å². The van der Waals surface area contributed by atoms with E-state index in [1.54, 1.807) is 0 Å². The lowest BCUT2D eigenvalue weighted by Crippen LogP contribution is -2.04. The van der Waals surface area contributed by atoms with Crippen LogP contribution in [0.5, 0.6) is 0 Å². The second kappa shape index (κ2) is 4.20. The molecule has 14 heavy (non-hydrogen) atoms. The predicted octanol–water partition coefficient (Wildman–Crippen LogP) is 1.54. The average Bonchev–Trinajstić information content (AvgIpc) is 2.51. The standard InChI is InChI=1S/C6H3BrN4OS2/c7-4-10-11-6(13-4)14-5-8-2-1-3(12)9-5/h1-2H,(H,8,9,12). The number of aromatic amines is 1. The van der Waals surface area contributed by atoms with Crippen molar-refractivity contribution in [2.24, 2.45) is 0 Å². The van der Waals surface area contributed by atoms with Gasteiger partial charge in [0.15, 0.2) is 13.4 Å². The molecule has 0 radical (unpaired) electrons. The van der Waals surface area contributed by atoms with Crippen molar-refractivity contribution in [1.29, 1.82) is 0 Å². The van der Waals surface area contributed by atoms with Crippen LogP contribution >= 0.6 is 39.0 Å². The lowest BCUT2D eigenvalue weighted by Gasteiger charge is -1.92. The SMILES string of the molecule is O=c1ccnc(Sc2nnc(Br)s2)[nH]1. The van der Waals surface area contributed by atoms with Crippen molar-refractivity contribution in [2.45, 2.75) is 9.50 Å². The first-order valence-corrected chi connectivity index (χ1v) is 5.89. The molecule has 0 amide bonds. The molecule has 1 N–H and O–H groups in total. The Kier molecular flexibility index (Phi) is 2.94. The predicted molar refractivity (Wildman–Crippen MR) is 56.6 cm³/mol. The van der Waals surface area contributed by atoms with Gasteiger partial charge in [0.2, 0.25) is 0 Å². The molecule has 0 unspecified atom stereocenters. The van der Waals surface area contributed by atoms with E-state index in [0.717, 1.165) is 4.34 Å². The number of nitrogens with one attached hydrogen (secondary N) is 1. The lowest BCUT2D eigenvalue weighted by molar-refractivity contribution is 0.928. The van der Waals surface area contributed by atoms with Crippen LogP contribution < -0.4 is 5.56 Å². The number of nitrogens with zero attached hydrogens (tertiary/aromatic N) is 3. The highest BCUT2D eigenvalue weighted by Gasteiger charge is 2.04. The van der Waals surface area contributed by atoms with Crippen LogP contribution in [-0.2, 0) is 0 Å². The Balaban J connectivity index is 2.23. The van der Waals surface area contributed by atoms with E-state index in [-0.39, 0.29) is 5.56 Å². The average molecular weight is 291 g/mol. The summed E-state index contributed by atoms with van der Waals surface area (Å²) in [5.74, 6) is 0. The van der Waals surface area contributed by atoms with Gasteiger partial charge in [-0.25, -0.2) is 4.98 Å². The highest BCUT2D eigenvalue weighted by molar-refractivity contribution is 9.11. The molecule has 0 aliphatic rings. The number of aromatic nitrogens is 4. The first-order chi connectivity index (χ1) is 6.74. The van der Waals surface area contributed by atoms with Crippen LogP contribution in [0.2, 0.25) is 0 Å². The third kappa shape index (κ3) is 2.40. The van der Waals surface area contributed by atoms with E-state index in [1.165, 1.54) is 35.4 Å². The molecule has 5 nitrogen and oxygen atoms in total. The van der Waals surface area contributed by atoms with Crippen molar-refractivity contribution in [3.63, 3.8) is 0 Å². The molecule has 8 heteroatoms. The van der Waals surface area contributed by atoms with Crippen LogP contribution in [0.1, 0.15) is 0 Å². The molecule has 2 heterocycles. The number of rotatable bonds is 2. The Morgan fingerprint density at radius 2 is 2.36 bits per heavy atom. The maximum atomic E-state index is 10.9. The third-order valence-corrected chi connectivity index (χ3v) is 3.52. The Labute approximate surface area is 95.1 Å². The van der Waals surface area contributed by atoms with E-state index in [0.29, 0.717) is 9.07 Å². The summed E-state index contributed by atoms with van der Waals surface area (Å²) in [4.78, 5) is 17.5. The normalized spacial score (nSPS) is 10.4. The van der Waals surface area contributed by atoms with Crippen molar-refractivity contribution in [3.8, 4) is 0 Å². The lowest BCUT2D eigenvalue weighted by atomic mass is 10.7. The van der Waals surface area contributed by atoms with Gasteiger partial charge in [-0.2, -0.15) is 0 Å². The maximum Gasteiger partial charge on any atom is 0.251 e. The summed E-state index contributed by atoms with van der Waals surface area (Å²) in [5, 5.41) is 8.16. The number of H-pyrrole nitrogens is 1. The Bertz CT molecular complexity index is 496. The van der Waals surface area contributed by atoms with E-state index >= 15 is 0 Å². The summed E-state index contributed by atoms with van der Waals surface area (Å²) in [7, 11) is 0. The molecule has 72 valence electrons. The number of hydrogen-bond donors (Lipinski definition) is 1. The summed E-state index contributed by atoms with van der Waals surface area (Å²) in [6.45, 7) is 0. The van der Waals surface area contributed by atoms with Gasteiger partial charge in [0.05, 0.1) is 0 Å². The fourth-order valence-corrected chi connectivity index (χ4v) is 3.04. The topological polar surface area (TPSA) is 71.5 Å². The molecule has 0 fully saturated rings. The number of halogens is 1. The van der Waals surface area contributed by atoms with Gasteiger partial charge in [0.25, 0.3) is 5.56 Å². The quantitative estimate of drug-likeness (QED) is 0.850. The smallest absolute Gasteiger partial charge is 0.251 e. The van der Waals surface area contributed by atoms with Crippen LogP contribution in [0, 0.1) is 0 Å². The maximum absolute atomic E-state index is 10.9. The van der Waals surface area contributed by atoms with Crippen LogP contribution in [0.4, 0.5) is 0 Å². The van der Waals surface area contributed by atoms with E-state index in [1.807, 2.05) is 0 Å². The third-order valence-electron chi connectivity index (χ3n) is 1.21. The monoisotopic (exact) mass is 290 g/mol.